The summed E-state index contributed by atoms with van der Waals surface area (Å²) < 4.78 is 38.5. The summed E-state index contributed by atoms with van der Waals surface area (Å²) in [4.78, 5) is 34.5. The summed E-state index contributed by atoms with van der Waals surface area (Å²) in [7, 11) is 0. The minimum atomic E-state index is -4.44. The maximum absolute atomic E-state index is 12.8. The third-order valence-electron chi connectivity index (χ3n) is 4.90. The number of halogens is 3. The van der Waals surface area contributed by atoms with Crippen LogP contribution < -0.4 is 5.32 Å². The molecular formula is C19H17F3N4O5. The molecule has 1 aliphatic heterocycles. The molecule has 31 heavy (non-hydrogen) atoms. The van der Waals surface area contributed by atoms with Crippen molar-refractivity contribution in [1.29, 1.82) is 0 Å². The molecule has 0 aromatic heterocycles. The van der Waals surface area contributed by atoms with Crippen LogP contribution in [-0.2, 0) is 12.7 Å². The molecular weight excluding hydrogens is 421 g/mol. The molecule has 0 aliphatic carbocycles. The number of nitro groups is 2. The fourth-order valence-electron chi connectivity index (χ4n) is 3.34. The molecule has 1 unspecified atom stereocenters. The van der Waals surface area contributed by atoms with E-state index >= 15 is 0 Å². The second-order valence-electron chi connectivity index (χ2n) is 7.07. The number of carbonyl (C=O) groups is 1. The van der Waals surface area contributed by atoms with Gasteiger partial charge in [-0.3, -0.25) is 25.0 Å². The topological polar surface area (TPSA) is 119 Å². The minimum absolute atomic E-state index is 0.166. The Hall–Kier alpha value is -3.54. The van der Waals surface area contributed by atoms with Gasteiger partial charge in [-0.15, -0.1) is 0 Å². The lowest BCUT2D eigenvalue weighted by Crippen LogP contribution is -2.35. The maximum atomic E-state index is 12.8. The van der Waals surface area contributed by atoms with Crippen molar-refractivity contribution in [3.8, 4) is 0 Å². The van der Waals surface area contributed by atoms with Crippen molar-refractivity contribution < 1.29 is 27.8 Å². The van der Waals surface area contributed by atoms with Crippen LogP contribution in [0.4, 0.5) is 24.5 Å². The second-order valence-corrected chi connectivity index (χ2v) is 7.07. The van der Waals surface area contributed by atoms with E-state index in [9.17, 15) is 38.2 Å². The highest BCUT2D eigenvalue weighted by Crippen LogP contribution is 2.29. The van der Waals surface area contributed by atoms with Crippen LogP contribution in [0.2, 0.25) is 0 Å². The summed E-state index contributed by atoms with van der Waals surface area (Å²) in [5.74, 6) is -0.588. The van der Waals surface area contributed by atoms with E-state index in [1.54, 1.807) is 6.07 Å². The Morgan fingerprint density at radius 2 is 1.74 bits per heavy atom. The minimum Gasteiger partial charge on any atom is -0.337 e. The maximum Gasteiger partial charge on any atom is 0.416 e. The number of benzene rings is 2. The molecule has 164 valence electrons. The number of likely N-dealkylation sites (tertiary alicyclic amines) is 1. The molecule has 1 atom stereocenters. The smallest absolute Gasteiger partial charge is 0.337 e. The van der Waals surface area contributed by atoms with Gasteiger partial charge in [0, 0.05) is 37.8 Å². The monoisotopic (exact) mass is 438 g/mol. The van der Waals surface area contributed by atoms with Crippen molar-refractivity contribution in [2.24, 2.45) is 0 Å². The highest BCUT2D eigenvalue weighted by molar-refractivity contribution is 5.95. The number of hydrogen-bond acceptors (Lipinski definition) is 6. The first-order chi connectivity index (χ1) is 14.5. The van der Waals surface area contributed by atoms with Gasteiger partial charge in [0.25, 0.3) is 17.3 Å². The van der Waals surface area contributed by atoms with Crippen molar-refractivity contribution >= 4 is 17.3 Å². The Bertz CT molecular complexity index is 996. The molecule has 2 aromatic rings. The van der Waals surface area contributed by atoms with E-state index < -0.39 is 38.9 Å². The predicted molar refractivity (Wildman–Crippen MR) is 102 cm³/mol. The number of nitrogens with zero attached hydrogens (tertiary/aromatic N) is 3. The number of nitrogens with one attached hydrogen (secondary N) is 1. The number of hydrogen-bond donors (Lipinski definition) is 1. The summed E-state index contributed by atoms with van der Waals surface area (Å²) in [5.41, 5.74) is -1.59. The first-order valence-corrected chi connectivity index (χ1v) is 9.17. The number of amides is 1. The molecule has 1 saturated heterocycles. The summed E-state index contributed by atoms with van der Waals surface area (Å²) >= 11 is 0. The summed E-state index contributed by atoms with van der Waals surface area (Å²) in [6, 6.07) is 7.46. The molecule has 1 amide bonds. The Balaban J connectivity index is 1.65. The van der Waals surface area contributed by atoms with Gasteiger partial charge in [0.05, 0.1) is 27.0 Å². The van der Waals surface area contributed by atoms with E-state index in [0.717, 1.165) is 30.3 Å². The normalized spacial score (nSPS) is 16.4. The van der Waals surface area contributed by atoms with E-state index in [2.05, 4.69) is 5.32 Å². The highest BCUT2D eigenvalue weighted by Gasteiger charge is 2.31. The van der Waals surface area contributed by atoms with Crippen LogP contribution in [0.25, 0.3) is 0 Å². The number of non-ortho nitro benzene ring substituents is 2. The zero-order valence-electron chi connectivity index (χ0n) is 16.0. The molecule has 0 saturated carbocycles. The zero-order valence-corrected chi connectivity index (χ0v) is 16.0. The Labute approximate surface area is 173 Å². The molecule has 1 aliphatic rings. The molecule has 9 nitrogen and oxygen atoms in total. The predicted octanol–water partition coefficient (Wildman–Crippen LogP) is 3.53. The SMILES string of the molecule is O=C(c1cc([N+](=O)[O-])cc([N+](=O)[O-])c1)N1CCC(NCc2cccc(C(F)(F)F)c2)C1. The molecule has 1 heterocycles. The van der Waals surface area contributed by atoms with E-state index in [0.29, 0.717) is 18.5 Å². The van der Waals surface area contributed by atoms with Crippen molar-refractivity contribution in [1.82, 2.24) is 10.2 Å². The van der Waals surface area contributed by atoms with E-state index in [1.807, 2.05) is 0 Å². The molecule has 0 radical (unpaired) electrons. The van der Waals surface area contributed by atoms with Crippen molar-refractivity contribution in [2.75, 3.05) is 13.1 Å². The largest absolute Gasteiger partial charge is 0.416 e. The van der Waals surface area contributed by atoms with Crippen molar-refractivity contribution in [3.63, 3.8) is 0 Å². The van der Waals surface area contributed by atoms with Gasteiger partial charge in [-0.25, -0.2) is 0 Å². The molecule has 0 bridgehead atoms. The summed E-state index contributed by atoms with van der Waals surface area (Å²) in [5, 5.41) is 25.1. The van der Waals surface area contributed by atoms with Gasteiger partial charge in [0.15, 0.2) is 0 Å². The van der Waals surface area contributed by atoms with Crippen molar-refractivity contribution in [3.05, 3.63) is 79.4 Å². The average molecular weight is 438 g/mol. The summed E-state index contributed by atoms with van der Waals surface area (Å²) in [6.45, 7) is 0.683. The van der Waals surface area contributed by atoms with Crippen LogP contribution in [-0.4, -0.2) is 39.8 Å². The third-order valence-corrected chi connectivity index (χ3v) is 4.90. The number of nitro benzene ring substituents is 2. The van der Waals surface area contributed by atoms with E-state index in [-0.39, 0.29) is 24.7 Å². The fourth-order valence-corrected chi connectivity index (χ4v) is 3.34. The van der Waals surface area contributed by atoms with Gasteiger partial charge in [-0.1, -0.05) is 18.2 Å². The van der Waals surface area contributed by atoms with Crippen LogP contribution in [0.5, 0.6) is 0 Å². The lowest BCUT2D eigenvalue weighted by Gasteiger charge is -2.17. The fraction of sp³-hybridized carbons (Fsp3) is 0.316. The van der Waals surface area contributed by atoms with Crippen LogP contribution in [0, 0.1) is 20.2 Å². The molecule has 3 rings (SSSR count). The standard InChI is InChI=1S/C19H17F3N4O5/c20-19(21,22)14-3-1-2-12(6-14)10-23-15-4-5-24(11-15)18(27)13-7-16(25(28)29)9-17(8-13)26(30)31/h1-3,6-9,15,23H,4-5,10-11H2. The Kier molecular flexibility index (Phi) is 6.20. The van der Waals surface area contributed by atoms with Crippen molar-refractivity contribution in [2.45, 2.75) is 25.2 Å². The van der Waals surface area contributed by atoms with Crippen LogP contribution >= 0.6 is 0 Å². The molecule has 1 fully saturated rings. The van der Waals surface area contributed by atoms with E-state index in [1.165, 1.54) is 11.0 Å². The third kappa shape index (κ3) is 5.34. The molecule has 1 N–H and O–H groups in total. The number of carbonyl (C=O) groups excluding carboxylic acids is 1. The lowest BCUT2D eigenvalue weighted by molar-refractivity contribution is -0.394. The van der Waals surface area contributed by atoms with E-state index in [4.69, 9.17) is 0 Å². The van der Waals surface area contributed by atoms with Crippen LogP contribution in [0.15, 0.2) is 42.5 Å². The van der Waals surface area contributed by atoms with Gasteiger partial charge < -0.3 is 10.2 Å². The van der Waals surface area contributed by atoms with Gasteiger partial charge in [0.2, 0.25) is 0 Å². The lowest BCUT2D eigenvalue weighted by atomic mass is 10.1. The van der Waals surface area contributed by atoms with Crippen LogP contribution in [0.3, 0.4) is 0 Å². The highest BCUT2D eigenvalue weighted by atomic mass is 19.4. The quantitative estimate of drug-likeness (QED) is 0.545. The number of rotatable bonds is 6. The van der Waals surface area contributed by atoms with Gasteiger partial charge in [-0.2, -0.15) is 13.2 Å². The molecule has 2 aromatic carbocycles. The second kappa shape index (κ2) is 8.68. The molecule has 0 spiro atoms. The first-order valence-electron chi connectivity index (χ1n) is 9.17. The van der Waals surface area contributed by atoms with Gasteiger partial charge in [-0.05, 0) is 18.1 Å². The van der Waals surface area contributed by atoms with Gasteiger partial charge in [0.1, 0.15) is 0 Å². The zero-order chi connectivity index (χ0) is 22.8. The van der Waals surface area contributed by atoms with Crippen LogP contribution in [0.1, 0.15) is 27.9 Å². The number of alkyl halides is 3. The van der Waals surface area contributed by atoms with Gasteiger partial charge >= 0.3 is 6.18 Å². The Morgan fingerprint density at radius 3 is 2.32 bits per heavy atom. The first kappa shape index (κ1) is 22.2. The molecule has 12 heteroatoms. The average Bonchev–Trinajstić information content (AvgIpc) is 3.20. The summed E-state index contributed by atoms with van der Waals surface area (Å²) in [6.07, 6.45) is -3.92. The Morgan fingerprint density at radius 1 is 1.10 bits per heavy atom.